The highest BCUT2D eigenvalue weighted by Crippen LogP contribution is 2.31. The van der Waals surface area contributed by atoms with E-state index < -0.39 is 11.5 Å². The van der Waals surface area contributed by atoms with E-state index in [1.165, 1.54) is 6.08 Å². The Morgan fingerprint density at radius 1 is 1.27 bits per heavy atom. The highest BCUT2D eigenvalue weighted by atomic mass is 32.2. The molecule has 1 aromatic carbocycles. The number of carbonyl (C=O) groups is 1. The fourth-order valence-electron chi connectivity index (χ4n) is 1.74. The maximum atomic E-state index is 12.5. The maximum absolute atomic E-state index is 12.5. The molecule has 0 spiro atoms. The number of esters is 1. The molecule has 0 N–H and O–H groups in total. The molecule has 4 nitrogen and oxygen atoms in total. The second-order valence-electron chi connectivity index (χ2n) is 6.05. The number of isocyanates is 1. The molecule has 1 rings (SSSR count). The minimum absolute atomic E-state index is 0.0292. The quantitative estimate of drug-likeness (QED) is 0.436. The molecule has 0 saturated heterocycles. The molecule has 1 atom stereocenters. The van der Waals surface area contributed by atoms with E-state index in [4.69, 9.17) is 4.74 Å². The van der Waals surface area contributed by atoms with Gasteiger partial charge in [0.2, 0.25) is 6.08 Å². The normalized spacial score (nSPS) is 13.8. The van der Waals surface area contributed by atoms with E-state index in [0.29, 0.717) is 12.2 Å². The minimum atomic E-state index is -1.16. The fraction of sp³-hybridized carbons (Fsp3) is 0.529. The summed E-state index contributed by atoms with van der Waals surface area (Å²) >= 11 is 1.58. The van der Waals surface area contributed by atoms with Gasteiger partial charge in [-0.2, -0.15) is 16.8 Å². The maximum Gasteiger partial charge on any atom is 0.336 e. The molecule has 0 aromatic heterocycles. The van der Waals surface area contributed by atoms with Crippen LogP contribution in [0.15, 0.2) is 35.3 Å². The van der Waals surface area contributed by atoms with Crippen molar-refractivity contribution in [3.63, 3.8) is 0 Å². The van der Waals surface area contributed by atoms with Gasteiger partial charge in [0.1, 0.15) is 6.61 Å². The van der Waals surface area contributed by atoms with Crippen molar-refractivity contribution in [2.24, 2.45) is 4.99 Å². The topological polar surface area (TPSA) is 55.7 Å². The Kier molecular flexibility index (Phi) is 6.85. The predicted octanol–water partition coefficient (Wildman–Crippen LogP) is 3.75. The van der Waals surface area contributed by atoms with Crippen LogP contribution in [0.4, 0.5) is 0 Å². The van der Waals surface area contributed by atoms with Crippen LogP contribution in [0, 0.1) is 0 Å². The molecule has 1 aromatic rings. The molecule has 0 aliphatic carbocycles. The molecule has 0 amide bonds. The standard InChI is InChI=1S/C17H23NO3S/c1-5-17(18-13-19,12-22-16(2,3)4)15(20)21-11-14-9-7-6-8-10-14/h6-10H,5,11-12H2,1-4H3. The number of thioether (sulfide) groups is 1. The second-order valence-corrected chi connectivity index (χ2v) is 7.85. The van der Waals surface area contributed by atoms with Crippen molar-refractivity contribution in [2.75, 3.05) is 5.75 Å². The van der Waals surface area contributed by atoms with E-state index in [1.54, 1.807) is 11.8 Å². The Morgan fingerprint density at radius 2 is 1.91 bits per heavy atom. The zero-order valence-electron chi connectivity index (χ0n) is 13.6. The van der Waals surface area contributed by atoms with Gasteiger partial charge in [-0.15, -0.1) is 0 Å². The van der Waals surface area contributed by atoms with Gasteiger partial charge in [-0.05, 0) is 12.0 Å². The first-order valence-electron chi connectivity index (χ1n) is 7.27. The first kappa shape index (κ1) is 18.5. The van der Waals surface area contributed by atoms with Crippen LogP contribution in [0.25, 0.3) is 0 Å². The summed E-state index contributed by atoms with van der Waals surface area (Å²) in [6, 6.07) is 9.43. The van der Waals surface area contributed by atoms with Crippen LogP contribution in [-0.2, 0) is 20.9 Å². The molecule has 0 saturated carbocycles. The van der Waals surface area contributed by atoms with Crippen LogP contribution in [0.1, 0.15) is 39.7 Å². The molecule has 0 heterocycles. The molecule has 0 aliphatic heterocycles. The van der Waals surface area contributed by atoms with Gasteiger partial charge in [0, 0.05) is 10.5 Å². The fourth-order valence-corrected chi connectivity index (χ4v) is 2.80. The Hall–Kier alpha value is -1.58. The van der Waals surface area contributed by atoms with E-state index >= 15 is 0 Å². The van der Waals surface area contributed by atoms with Crippen LogP contribution in [0.2, 0.25) is 0 Å². The Bertz CT molecular complexity index is 533. The Morgan fingerprint density at radius 3 is 2.41 bits per heavy atom. The summed E-state index contributed by atoms with van der Waals surface area (Å²) in [5, 5.41) is 0. The highest BCUT2D eigenvalue weighted by Gasteiger charge is 2.39. The van der Waals surface area contributed by atoms with Gasteiger partial charge in [-0.1, -0.05) is 58.0 Å². The van der Waals surface area contributed by atoms with Crippen molar-refractivity contribution in [2.45, 2.75) is 51.0 Å². The zero-order valence-corrected chi connectivity index (χ0v) is 14.4. The molecule has 0 fully saturated rings. The number of carbonyl (C=O) groups excluding carboxylic acids is 2. The van der Waals surface area contributed by atoms with E-state index in [1.807, 2.05) is 37.3 Å². The number of hydrogen-bond donors (Lipinski definition) is 0. The number of aliphatic imine (C=N–C) groups is 1. The third-order valence-corrected chi connectivity index (χ3v) is 4.67. The summed E-state index contributed by atoms with van der Waals surface area (Å²) in [6.45, 7) is 8.16. The van der Waals surface area contributed by atoms with Crippen LogP contribution in [0.3, 0.4) is 0 Å². The number of hydrogen-bond acceptors (Lipinski definition) is 5. The molecule has 22 heavy (non-hydrogen) atoms. The van der Waals surface area contributed by atoms with Crippen molar-refractivity contribution in [3.8, 4) is 0 Å². The second kappa shape index (κ2) is 8.16. The van der Waals surface area contributed by atoms with E-state index in [-0.39, 0.29) is 11.4 Å². The van der Waals surface area contributed by atoms with Gasteiger partial charge in [0.25, 0.3) is 0 Å². The van der Waals surface area contributed by atoms with Gasteiger partial charge in [0.05, 0.1) is 0 Å². The lowest BCUT2D eigenvalue weighted by Gasteiger charge is -2.28. The van der Waals surface area contributed by atoms with E-state index in [9.17, 15) is 9.59 Å². The number of ether oxygens (including phenoxy) is 1. The third-order valence-electron chi connectivity index (χ3n) is 3.18. The van der Waals surface area contributed by atoms with Crippen molar-refractivity contribution in [1.82, 2.24) is 0 Å². The van der Waals surface area contributed by atoms with Crippen molar-refractivity contribution >= 4 is 23.8 Å². The summed E-state index contributed by atoms with van der Waals surface area (Å²) in [7, 11) is 0. The van der Waals surface area contributed by atoms with Crippen LogP contribution in [0.5, 0.6) is 0 Å². The van der Waals surface area contributed by atoms with Crippen LogP contribution >= 0.6 is 11.8 Å². The zero-order chi connectivity index (χ0) is 16.6. The van der Waals surface area contributed by atoms with Crippen molar-refractivity contribution in [3.05, 3.63) is 35.9 Å². The average Bonchev–Trinajstić information content (AvgIpc) is 2.49. The summed E-state index contributed by atoms with van der Waals surface area (Å²) in [6.07, 6.45) is 1.94. The average molecular weight is 321 g/mol. The number of rotatable bonds is 7. The summed E-state index contributed by atoms with van der Waals surface area (Å²) in [4.78, 5) is 27.0. The molecule has 120 valence electrons. The monoisotopic (exact) mass is 321 g/mol. The Balaban J connectivity index is 2.81. The van der Waals surface area contributed by atoms with E-state index in [2.05, 4.69) is 25.8 Å². The smallest absolute Gasteiger partial charge is 0.336 e. The largest absolute Gasteiger partial charge is 0.459 e. The third kappa shape index (κ3) is 5.66. The van der Waals surface area contributed by atoms with Gasteiger partial charge in [0.15, 0.2) is 5.54 Å². The Labute approximate surface area is 136 Å². The molecule has 0 bridgehead atoms. The first-order chi connectivity index (χ1) is 10.3. The SMILES string of the molecule is CCC(CSC(C)(C)C)(N=C=O)C(=O)OCc1ccccc1. The van der Waals surface area contributed by atoms with Crippen LogP contribution in [-0.4, -0.2) is 28.1 Å². The van der Waals surface area contributed by atoms with Crippen molar-refractivity contribution in [1.29, 1.82) is 0 Å². The lowest BCUT2D eigenvalue weighted by Crippen LogP contribution is -2.41. The van der Waals surface area contributed by atoms with Crippen molar-refractivity contribution < 1.29 is 14.3 Å². The lowest BCUT2D eigenvalue weighted by atomic mass is 10.00. The summed E-state index contributed by atoms with van der Waals surface area (Å²) < 4.78 is 5.35. The van der Waals surface area contributed by atoms with E-state index in [0.717, 1.165) is 5.56 Å². The molecule has 1 unspecified atom stereocenters. The predicted molar refractivity (Wildman–Crippen MR) is 89.6 cm³/mol. The lowest BCUT2D eigenvalue weighted by molar-refractivity contribution is -0.150. The molecule has 0 radical (unpaired) electrons. The van der Waals surface area contributed by atoms with Crippen LogP contribution < -0.4 is 0 Å². The highest BCUT2D eigenvalue weighted by molar-refractivity contribution is 8.00. The first-order valence-corrected chi connectivity index (χ1v) is 8.26. The molecular weight excluding hydrogens is 298 g/mol. The van der Waals surface area contributed by atoms with Gasteiger partial charge in [-0.25, -0.2) is 9.59 Å². The van der Waals surface area contributed by atoms with Gasteiger partial charge >= 0.3 is 5.97 Å². The summed E-state index contributed by atoms with van der Waals surface area (Å²) in [5.74, 6) is -0.0745. The molecular formula is C17H23NO3S. The number of benzene rings is 1. The number of nitrogens with zero attached hydrogens (tertiary/aromatic N) is 1. The summed E-state index contributed by atoms with van der Waals surface area (Å²) in [5.41, 5.74) is -0.256. The van der Waals surface area contributed by atoms with Gasteiger partial charge in [-0.3, -0.25) is 0 Å². The molecule has 5 heteroatoms. The molecule has 0 aliphatic rings. The minimum Gasteiger partial charge on any atom is -0.459 e. The van der Waals surface area contributed by atoms with Gasteiger partial charge < -0.3 is 4.74 Å².